The molecule has 10 nitrogen and oxygen atoms in total. The lowest BCUT2D eigenvalue weighted by atomic mass is 10.1. The van der Waals surface area contributed by atoms with Gasteiger partial charge < -0.3 is 11.1 Å². The van der Waals surface area contributed by atoms with Crippen LogP contribution < -0.4 is 16.1 Å². The van der Waals surface area contributed by atoms with Gasteiger partial charge in [-0.2, -0.15) is 5.10 Å². The number of amides is 2. The molecule has 3 N–H and O–H groups in total. The third kappa shape index (κ3) is 5.40. The van der Waals surface area contributed by atoms with Gasteiger partial charge in [-0.3, -0.25) is 14.2 Å². The summed E-state index contributed by atoms with van der Waals surface area (Å²) in [5.74, 6) is 0.708. The van der Waals surface area contributed by atoms with Crippen LogP contribution in [0.1, 0.15) is 29.3 Å². The number of fused-ring (bicyclic) bond motifs is 1. The highest BCUT2D eigenvalue weighted by atomic mass is 16.2. The van der Waals surface area contributed by atoms with Crippen molar-refractivity contribution in [3.05, 3.63) is 120 Å². The molecule has 220 valence electrons. The van der Waals surface area contributed by atoms with Gasteiger partial charge in [0.15, 0.2) is 11.5 Å². The van der Waals surface area contributed by atoms with Crippen molar-refractivity contribution in [2.45, 2.75) is 19.9 Å². The molecular weight excluding hydrogens is 564 g/mol. The molecule has 2 amide bonds. The monoisotopic (exact) mass is 592 g/mol. The van der Waals surface area contributed by atoms with Gasteiger partial charge in [-0.1, -0.05) is 42.5 Å². The molecule has 0 atom stereocenters. The summed E-state index contributed by atoms with van der Waals surface area (Å²) in [4.78, 5) is 39.2. The number of benzene rings is 3. The Labute approximate surface area is 258 Å². The van der Waals surface area contributed by atoms with Gasteiger partial charge in [0.1, 0.15) is 11.3 Å². The smallest absolute Gasteiger partial charge is 0.253 e. The molecule has 10 heteroatoms. The second-order valence-electron chi connectivity index (χ2n) is 10.7. The number of nitrogens with zero attached hydrogens (tertiary/aromatic N) is 6. The van der Waals surface area contributed by atoms with Crippen LogP contribution in [0, 0.1) is 0 Å². The first-order valence-corrected chi connectivity index (χ1v) is 14.4. The number of nitrogens with one attached hydrogen (secondary N) is 1. The van der Waals surface area contributed by atoms with Crippen molar-refractivity contribution in [3.63, 3.8) is 0 Å². The fourth-order valence-electron chi connectivity index (χ4n) is 5.32. The summed E-state index contributed by atoms with van der Waals surface area (Å²) in [5, 5.41) is 8.60. The predicted octanol–water partition coefficient (Wildman–Crippen LogP) is 5.77. The number of hydrogen-bond donors (Lipinski definition) is 2. The van der Waals surface area contributed by atoms with E-state index in [1.54, 1.807) is 30.5 Å². The third-order valence-electron chi connectivity index (χ3n) is 7.59. The standard InChI is InChI=1S/C35H28N8O2/c1-22-20-31(44)43(41-22)27-15-11-25(12-16-27)35(45)38-21-23-9-13-26(14-10-23)42-33(28-8-5-19-37-32(28)36)40-30-18-17-29(39-34(30)42)24-6-3-2-4-7-24/h2-19H,20-21H2,1H3,(H2,36,37)(H,38,45). The van der Waals surface area contributed by atoms with Crippen LogP contribution in [0.2, 0.25) is 0 Å². The summed E-state index contributed by atoms with van der Waals surface area (Å²) in [6, 6.07) is 32.3. The van der Waals surface area contributed by atoms with Crippen molar-refractivity contribution in [3.8, 4) is 28.3 Å². The van der Waals surface area contributed by atoms with Crippen molar-refractivity contribution in [2.75, 3.05) is 10.7 Å². The van der Waals surface area contributed by atoms with Crippen LogP contribution in [0.4, 0.5) is 11.5 Å². The van der Waals surface area contributed by atoms with Gasteiger partial charge in [0.25, 0.3) is 11.8 Å². The average molecular weight is 593 g/mol. The number of rotatable bonds is 7. The molecule has 0 radical (unpaired) electrons. The van der Waals surface area contributed by atoms with Crippen LogP contribution in [-0.4, -0.2) is 37.0 Å². The van der Waals surface area contributed by atoms with Gasteiger partial charge >= 0.3 is 0 Å². The Kier molecular flexibility index (Phi) is 7.07. The molecule has 7 rings (SSSR count). The largest absolute Gasteiger partial charge is 0.383 e. The molecule has 0 bridgehead atoms. The minimum Gasteiger partial charge on any atom is -0.383 e. The van der Waals surface area contributed by atoms with Crippen LogP contribution >= 0.6 is 0 Å². The second kappa shape index (κ2) is 11.5. The first kappa shape index (κ1) is 27.7. The predicted molar refractivity (Wildman–Crippen MR) is 175 cm³/mol. The number of nitrogen functional groups attached to an aromatic ring is 1. The molecule has 0 fully saturated rings. The highest BCUT2D eigenvalue weighted by Crippen LogP contribution is 2.32. The number of hydrazone groups is 1. The van der Waals surface area contributed by atoms with Crippen molar-refractivity contribution < 1.29 is 9.59 Å². The van der Waals surface area contributed by atoms with Crippen LogP contribution in [0.3, 0.4) is 0 Å². The van der Waals surface area contributed by atoms with Gasteiger partial charge in [-0.15, -0.1) is 0 Å². The van der Waals surface area contributed by atoms with Crippen molar-refractivity contribution in [1.29, 1.82) is 0 Å². The maximum atomic E-state index is 12.9. The Balaban J connectivity index is 1.15. The maximum Gasteiger partial charge on any atom is 0.253 e. The summed E-state index contributed by atoms with van der Waals surface area (Å²) in [5.41, 5.74) is 13.9. The first-order valence-electron chi connectivity index (χ1n) is 14.4. The van der Waals surface area contributed by atoms with E-state index in [4.69, 9.17) is 15.7 Å². The fraction of sp³-hybridized carbons (Fsp3) is 0.0857. The molecular formula is C35H28N8O2. The van der Waals surface area contributed by atoms with Gasteiger partial charge in [0.2, 0.25) is 0 Å². The van der Waals surface area contributed by atoms with E-state index in [0.717, 1.165) is 33.7 Å². The number of hydrogen-bond acceptors (Lipinski definition) is 7. The molecule has 3 aromatic carbocycles. The Morgan fingerprint density at radius 1 is 0.867 bits per heavy atom. The molecule has 3 aromatic heterocycles. The fourth-order valence-corrected chi connectivity index (χ4v) is 5.32. The summed E-state index contributed by atoms with van der Waals surface area (Å²) < 4.78 is 1.98. The molecule has 0 unspecified atom stereocenters. The van der Waals surface area contributed by atoms with Gasteiger partial charge in [0.05, 0.1) is 23.4 Å². The number of nitrogens with two attached hydrogens (primary N) is 1. The molecule has 0 aliphatic carbocycles. The number of aromatic nitrogens is 4. The summed E-state index contributed by atoms with van der Waals surface area (Å²) in [6.45, 7) is 2.15. The van der Waals surface area contributed by atoms with Gasteiger partial charge in [0, 0.05) is 35.3 Å². The van der Waals surface area contributed by atoms with E-state index in [1.807, 2.05) is 90.4 Å². The Bertz CT molecular complexity index is 2090. The zero-order chi connectivity index (χ0) is 30.9. The number of pyridine rings is 2. The Hall–Kier alpha value is -6.16. The zero-order valence-electron chi connectivity index (χ0n) is 24.4. The summed E-state index contributed by atoms with van der Waals surface area (Å²) in [7, 11) is 0. The van der Waals surface area contributed by atoms with E-state index in [9.17, 15) is 9.59 Å². The minimum absolute atomic E-state index is 0.0831. The van der Waals surface area contributed by atoms with Crippen LogP contribution in [-0.2, 0) is 11.3 Å². The molecule has 1 aliphatic rings. The molecule has 4 heterocycles. The van der Waals surface area contributed by atoms with Gasteiger partial charge in [-0.05, 0) is 73.2 Å². The van der Waals surface area contributed by atoms with Crippen molar-refractivity contribution in [1.82, 2.24) is 24.8 Å². The number of carbonyl (C=O) groups is 2. The molecule has 0 spiro atoms. The quantitative estimate of drug-likeness (QED) is 0.242. The Morgan fingerprint density at radius 3 is 2.33 bits per heavy atom. The number of imidazole rings is 1. The van der Waals surface area contributed by atoms with E-state index in [0.29, 0.717) is 47.1 Å². The SMILES string of the molecule is CC1=NN(c2ccc(C(=O)NCc3ccc(-n4c(-c5cccnc5N)nc5ccc(-c6ccccc6)nc54)cc3)cc2)C(=O)C1. The molecule has 0 saturated carbocycles. The topological polar surface area (TPSA) is 131 Å². The zero-order valence-corrected chi connectivity index (χ0v) is 24.4. The normalized spacial score (nSPS) is 12.9. The second-order valence-corrected chi connectivity index (χ2v) is 10.7. The summed E-state index contributed by atoms with van der Waals surface area (Å²) >= 11 is 0. The molecule has 6 aromatic rings. The van der Waals surface area contributed by atoms with Crippen molar-refractivity contribution >= 4 is 40.2 Å². The van der Waals surface area contributed by atoms with Crippen LogP contribution in [0.25, 0.3) is 39.5 Å². The first-order chi connectivity index (χ1) is 21.9. The van der Waals surface area contributed by atoms with Gasteiger partial charge in [-0.25, -0.2) is 20.0 Å². The third-order valence-corrected chi connectivity index (χ3v) is 7.59. The number of carbonyl (C=O) groups excluding carboxylic acids is 2. The molecule has 45 heavy (non-hydrogen) atoms. The summed E-state index contributed by atoms with van der Waals surface area (Å²) in [6.07, 6.45) is 1.96. The number of anilines is 2. The maximum absolute atomic E-state index is 12.9. The lowest BCUT2D eigenvalue weighted by Gasteiger charge is -2.13. The average Bonchev–Trinajstić information content (AvgIpc) is 3.62. The van der Waals surface area contributed by atoms with E-state index >= 15 is 0 Å². The minimum atomic E-state index is -0.217. The van der Waals surface area contributed by atoms with Crippen LogP contribution in [0.5, 0.6) is 0 Å². The van der Waals surface area contributed by atoms with E-state index in [2.05, 4.69) is 15.4 Å². The van der Waals surface area contributed by atoms with Crippen LogP contribution in [0.15, 0.2) is 114 Å². The lowest BCUT2D eigenvalue weighted by Crippen LogP contribution is -2.23. The highest BCUT2D eigenvalue weighted by Gasteiger charge is 2.23. The molecule has 1 aliphatic heterocycles. The highest BCUT2D eigenvalue weighted by molar-refractivity contribution is 6.12. The Morgan fingerprint density at radius 2 is 1.62 bits per heavy atom. The molecule has 0 saturated heterocycles. The van der Waals surface area contributed by atoms with E-state index in [-0.39, 0.29) is 11.8 Å². The van der Waals surface area contributed by atoms with E-state index < -0.39 is 0 Å². The lowest BCUT2D eigenvalue weighted by molar-refractivity contribution is -0.116. The van der Waals surface area contributed by atoms with E-state index in [1.165, 1.54) is 5.01 Å². The van der Waals surface area contributed by atoms with Crippen molar-refractivity contribution in [2.24, 2.45) is 5.10 Å².